The number of aliphatic imine (C=N–C) groups is 1. The van der Waals surface area contributed by atoms with Crippen molar-refractivity contribution in [1.82, 2.24) is 0 Å². The lowest BCUT2D eigenvalue weighted by Gasteiger charge is -1.96. The molecule has 2 N–H and O–H groups in total. The van der Waals surface area contributed by atoms with Gasteiger partial charge in [-0.05, 0) is 17.7 Å². The summed E-state index contributed by atoms with van der Waals surface area (Å²) in [5, 5.41) is 0. The van der Waals surface area contributed by atoms with Gasteiger partial charge in [0.2, 0.25) is 0 Å². The highest BCUT2D eigenvalue weighted by Crippen LogP contribution is 2.11. The summed E-state index contributed by atoms with van der Waals surface area (Å²) < 4.78 is 0. The van der Waals surface area contributed by atoms with Crippen LogP contribution < -0.4 is 5.73 Å². The molecular formula is C10H12N2. The lowest BCUT2D eigenvalue weighted by Crippen LogP contribution is -1.87. The summed E-state index contributed by atoms with van der Waals surface area (Å²) in [5.41, 5.74) is 7.52. The molecule has 0 atom stereocenters. The molecule has 0 heterocycles. The topological polar surface area (TPSA) is 38.4 Å². The molecule has 0 unspecified atom stereocenters. The van der Waals surface area contributed by atoms with Crippen molar-refractivity contribution in [1.29, 1.82) is 0 Å². The van der Waals surface area contributed by atoms with Crippen molar-refractivity contribution in [3.05, 3.63) is 35.9 Å². The van der Waals surface area contributed by atoms with Gasteiger partial charge in [-0.1, -0.05) is 24.3 Å². The number of hydrogen-bond donors (Lipinski definition) is 1. The highest BCUT2D eigenvalue weighted by molar-refractivity contribution is 5.80. The average Bonchev–Trinajstić information content (AvgIpc) is 2.09. The molecule has 1 aromatic carbocycles. The molecule has 2 heteroatoms. The Morgan fingerprint density at radius 1 is 1.33 bits per heavy atom. The van der Waals surface area contributed by atoms with Crippen LogP contribution in [0.1, 0.15) is 5.56 Å². The van der Waals surface area contributed by atoms with Gasteiger partial charge in [-0.25, -0.2) is 0 Å². The van der Waals surface area contributed by atoms with Crippen molar-refractivity contribution in [2.24, 2.45) is 4.99 Å². The van der Waals surface area contributed by atoms with E-state index >= 15 is 0 Å². The van der Waals surface area contributed by atoms with Crippen molar-refractivity contribution >= 4 is 18.0 Å². The average molecular weight is 160 g/mol. The van der Waals surface area contributed by atoms with Gasteiger partial charge in [0.1, 0.15) is 0 Å². The predicted molar refractivity (Wildman–Crippen MR) is 54.3 cm³/mol. The largest absolute Gasteiger partial charge is 0.398 e. The van der Waals surface area contributed by atoms with E-state index in [0.29, 0.717) is 0 Å². The number of nitrogen functional groups attached to an aromatic ring is 1. The van der Waals surface area contributed by atoms with E-state index in [1.807, 2.05) is 36.4 Å². The van der Waals surface area contributed by atoms with Crippen molar-refractivity contribution in [2.45, 2.75) is 0 Å². The molecule has 12 heavy (non-hydrogen) atoms. The van der Waals surface area contributed by atoms with Crippen LogP contribution in [0.25, 0.3) is 6.08 Å². The van der Waals surface area contributed by atoms with Gasteiger partial charge >= 0.3 is 0 Å². The summed E-state index contributed by atoms with van der Waals surface area (Å²) in [6, 6.07) is 7.72. The Morgan fingerprint density at radius 2 is 2.08 bits per heavy atom. The van der Waals surface area contributed by atoms with E-state index in [-0.39, 0.29) is 0 Å². The zero-order chi connectivity index (χ0) is 8.81. The Morgan fingerprint density at radius 3 is 2.75 bits per heavy atom. The molecule has 0 amide bonds. The molecular weight excluding hydrogens is 148 g/mol. The fourth-order valence-corrected chi connectivity index (χ4v) is 0.895. The minimum Gasteiger partial charge on any atom is -0.398 e. The van der Waals surface area contributed by atoms with Crippen LogP contribution in [0.2, 0.25) is 0 Å². The molecule has 0 bridgehead atoms. The number of nitrogens with two attached hydrogens (primary N) is 1. The zero-order valence-corrected chi connectivity index (χ0v) is 7.07. The first-order valence-corrected chi connectivity index (χ1v) is 3.78. The van der Waals surface area contributed by atoms with E-state index in [2.05, 4.69) is 4.99 Å². The lowest BCUT2D eigenvalue weighted by molar-refractivity contribution is 1.48. The second-order valence-electron chi connectivity index (χ2n) is 2.40. The Balaban J connectivity index is 2.82. The number of allylic oxidation sites excluding steroid dienone is 1. The lowest BCUT2D eigenvalue weighted by atomic mass is 10.2. The maximum atomic E-state index is 5.71. The summed E-state index contributed by atoms with van der Waals surface area (Å²) in [4.78, 5) is 3.83. The third-order valence-corrected chi connectivity index (χ3v) is 1.51. The SMILES string of the molecule is CN=C/C=C/c1ccccc1N. The van der Waals surface area contributed by atoms with Crippen LogP contribution in [0.3, 0.4) is 0 Å². The normalized spacial score (nSPS) is 11.4. The molecule has 0 aliphatic rings. The van der Waals surface area contributed by atoms with Crippen LogP contribution >= 0.6 is 0 Å². The monoisotopic (exact) mass is 160 g/mol. The molecule has 0 aliphatic heterocycles. The Labute approximate surface area is 72.4 Å². The Hall–Kier alpha value is -1.57. The van der Waals surface area contributed by atoms with Crippen molar-refractivity contribution in [2.75, 3.05) is 12.8 Å². The predicted octanol–water partition coefficient (Wildman–Crippen LogP) is 1.98. The van der Waals surface area contributed by atoms with Gasteiger partial charge < -0.3 is 5.73 Å². The van der Waals surface area contributed by atoms with E-state index in [1.165, 1.54) is 0 Å². The fourth-order valence-electron chi connectivity index (χ4n) is 0.895. The van der Waals surface area contributed by atoms with Crippen LogP contribution in [-0.4, -0.2) is 13.3 Å². The van der Waals surface area contributed by atoms with Crippen LogP contribution in [0.5, 0.6) is 0 Å². The molecule has 0 saturated heterocycles. The van der Waals surface area contributed by atoms with Gasteiger partial charge in [-0.3, -0.25) is 4.99 Å². The number of nitrogens with zero attached hydrogens (tertiary/aromatic N) is 1. The fraction of sp³-hybridized carbons (Fsp3) is 0.100. The van der Waals surface area contributed by atoms with Gasteiger partial charge in [0.25, 0.3) is 0 Å². The first-order chi connectivity index (χ1) is 5.84. The van der Waals surface area contributed by atoms with Gasteiger partial charge in [0.15, 0.2) is 0 Å². The maximum Gasteiger partial charge on any atom is 0.0387 e. The first-order valence-electron chi connectivity index (χ1n) is 3.78. The summed E-state index contributed by atoms with van der Waals surface area (Å²) in [7, 11) is 1.73. The molecule has 62 valence electrons. The molecule has 0 aromatic heterocycles. The van der Waals surface area contributed by atoms with Crippen LogP contribution in [0.15, 0.2) is 35.3 Å². The zero-order valence-electron chi connectivity index (χ0n) is 7.07. The number of rotatable bonds is 2. The molecule has 0 fully saturated rings. The van der Waals surface area contributed by atoms with Crippen LogP contribution in [-0.2, 0) is 0 Å². The van der Waals surface area contributed by atoms with Crippen LogP contribution in [0, 0.1) is 0 Å². The highest BCUT2D eigenvalue weighted by atomic mass is 14.6. The van der Waals surface area contributed by atoms with E-state index < -0.39 is 0 Å². The molecule has 0 saturated carbocycles. The molecule has 0 aliphatic carbocycles. The third-order valence-electron chi connectivity index (χ3n) is 1.51. The smallest absolute Gasteiger partial charge is 0.0387 e. The van der Waals surface area contributed by atoms with E-state index in [0.717, 1.165) is 11.3 Å². The highest BCUT2D eigenvalue weighted by Gasteiger charge is 1.89. The van der Waals surface area contributed by atoms with Crippen molar-refractivity contribution in [3.8, 4) is 0 Å². The van der Waals surface area contributed by atoms with Gasteiger partial charge in [-0.15, -0.1) is 0 Å². The van der Waals surface area contributed by atoms with E-state index in [4.69, 9.17) is 5.73 Å². The molecule has 2 nitrogen and oxygen atoms in total. The molecule has 1 rings (SSSR count). The van der Waals surface area contributed by atoms with Crippen molar-refractivity contribution in [3.63, 3.8) is 0 Å². The molecule has 0 spiro atoms. The maximum absolute atomic E-state index is 5.71. The van der Waals surface area contributed by atoms with Gasteiger partial charge in [0.05, 0.1) is 0 Å². The summed E-state index contributed by atoms with van der Waals surface area (Å²) in [5.74, 6) is 0. The number of benzene rings is 1. The quantitative estimate of drug-likeness (QED) is 0.521. The second-order valence-corrected chi connectivity index (χ2v) is 2.40. The number of para-hydroxylation sites is 1. The van der Waals surface area contributed by atoms with Crippen molar-refractivity contribution < 1.29 is 0 Å². The minimum absolute atomic E-state index is 0.790. The summed E-state index contributed by atoms with van der Waals surface area (Å²) in [6.07, 6.45) is 5.53. The van der Waals surface area contributed by atoms with Gasteiger partial charge in [-0.2, -0.15) is 0 Å². The first kappa shape index (κ1) is 8.53. The number of hydrogen-bond acceptors (Lipinski definition) is 2. The van der Waals surface area contributed by atoms with Gasteiger partial charge in [0, 0.05) is 18.9 Å². The number of anilines is 1. The van der Waals surface area contributed by atoms with E-state index in [9.17, 15) is 0 Å². The van der Waals surface area contributed by atoms with E-state index in [1.54, 1.807) is 13.3 Å². The molecule has 1 aromatic rings. The van der Waals surface area contributed by atoms with Crippen LogP contribution in [0.4, 0.5) is 5.69 Å². The standard InChI is InChI=1S/C10H12N2/c1-12-8-4-6-9-5-2-3-7-10(9)11/h2-8H,11H2,1H3/b6-4+,12-8?. The second kappa shape index (κ2) is 4.34. The summed E-state index contributed by atoms with van der Waals surface area (Å²) in [6.45, 7) is 0. The Kier molecular flexibility index (Phi) is 3.08. The minimum atomic E-state index is 0.790. The Bertz CT molecular complexity index is 300. The third kappa shape index (κ3) is 2.23. The summed E-state index contributed by atoms with van der Waals surface area (Å²) >= 11 is 0. The molecule has 0 radical (unpaired) electrons.